The standard InChI is InChI=1S/C30H31F5N6O2.ClH/c1-4-24-28(39-10-9-21(31)12-26(39)38-24)29(42)37-13-20-5-7-25(23(32)11-20)41-16-18(2)40(15-19(41)3)22-6-8-27(36-14-22)43-17-30(33,34)35;/h5-12,14,18-19H,4,13,15-17H2,1-3H3,(H,37,42);1H/t18-,19+;/m0./s1. The molecule has 4 heterocycles. The van der Waals surface area contributed by atoms with E-state index in [9.17, 15) is 22.4 Å². The van der Waals surface area contributed by atoms with Crippen molar-refractivity contribution in [1.82, 2.24) is 19.7 Å². The van der Waals surface area contributed by atoms with E-state index in [0.29, 0.717) is 47.8 Å². The van der Waals surface area contributed by atoms with Crippen molar-refractivity contribution in [3.63, 3.8) is 0 Å². The van der Waals surface area contributed by atoms with Gasteiger partial charge >= 0.3 is 6.18 Å². The van der Waals surface area contributed by atoms with Gasteiger partial charge in [-0.25, -0.2) is 18.7 Å². The number of hydrogen-bond donors (Lipinski definition) is 1. The molecule has 44 heavy (non-hydrogen) atoms. The third kappa shape index (κ3) is 7.15. The van der Waals surface area contributed by atoms with E-state index >= 15 is 4.39 Å². The summed E-state index contributed by atoms with van der Waals surface area (Å²) in [5.41, 5.74) is 2.92. The van der Waals surface area contributed by atoms with Gasteiger partial charge in [-0.2, -0.15) is 13.2 Å². The fourth-order valence-corrected chi connectivity index (χ4v) is 5.32. The first kappa shape index (κ1) is 32.8. The molecule has 0 aliphatic carbocycles. The maximum absolute atomic E-state index is 15.4. The van der Waals surface area contributed by atoms with Gasteiger partial charge in [-0.3, -0.25) is 9.20 Å². The second kappa shape index (κ2) is 13.2. The molecule has 1 aliphatic rings. The van der Waals surface area contributed by atoms with Crippen LogP contribution in [-0.2, 0) is 13.0 Å². The summed E-state index contributed by atoms with van der Waals surface area (Å²) in [6.07, 6.45) is -1.03. The maximum Gasteiger partial charge on any atom is 0.422 e. The van der Waals surface area contributed by atoms with Gasteiger partial charge in [-0.05, 0) is 50.1 Å². The molecular formula is C30H32ClF5N6O2. The minimum atomic E-state index is -4.44. The number of alkyl halides is 3. The molecule has 5 rings (SSSR count). The Kier molecular flexibility index (Phi) is 9.87. The number of fused-ring (bicyclic) bond motifs is 1. The maximum atomic E-state index is 15.4. The van der Waals surface area contributed by atoms with E-state index < -0.39 is 30.3 Å². The van der Waals surface area contributed by atoms with Gasteiger partial charge in [0.15, 0.2) is 6.61 Å². The fraction of sp³-hybridized carbons (Fsp3) is 0.367. The van der Waals surface area contributed by atoms with E-state index in [2.05, 4.69) is 20.2 Å². The number of aromatic nitrogens is 3. The average Bonchev–Trinajstić information content (AvgIpc) is 3.34. The van der Waals surface area contributed by atoms with Crippen molar-refractivity contribution in [1.29, 1.82) is 0 Å². The molecule has 1 aromatic carbocycles. The largest absolute Gasteiger partial charge is 0.468 e. The summed E-state index contributed by atoms with van der Waals surface area (Å²) in [5.74, 6) is -1.38. The number of anilines is 2. The highest BCUT2D eigenvalue weighted by Gasteiger charge is 2.32. The molecule has 0 radical (unpaired) electrons. The summed E-state index contributed by atoms with van der Waals surface area (Å²) in [5, 5.41) is 2.82. The van der Waals surface area contributed by atoms with Crippen LogP contribution in [0.1, 0.15) is 42.5 Å². The molecule has 4 aromatic rings. The molecule has 1 fully saturated rings. The van der Waals surface area contributed by atoms with E-state index in [1.54, 1.807) is 18.2 Å². The zero-order valence-electron chi connectivity index (χ0n) is 24.2. The topological polar surface area (TPSA) is 75.0 Å². The van der Waals surface area contributed by atoms with Crippen molar-refractivity contribution < 1.29 is 31.5 Å². The Hall–Kier alpha value is -4.13. The van der Waals surface area contributed by atoms with Crippen LogP contribution in [0.25, 0.3) is 5.65 Å². The van der Waals surface area contributed by atoms with Crippen LogP contribution in [0.2, 0.25) is 0 Å². The van der Waals surface area contributed by atoms with E-state index in [4.69, 9.17) is 4.74 Å². The zero-order chi connectivity index (χ0) is 30.9. The Bertz CT molecular complexity index is 1610. The van der Waals surface area contributed by atoms with Crippen molar-refractivity contribution in [2.45, 2.75) is 52.0 Å². The van der Waals surface area contributed by atoms with E-state index in [0.717, 1.165) is 5.69 Å². The number of nitrogens with one attached hydrogen (secondary N) is 1. The Morgan fingerprint density at radius 3 is 2.43 bits per heavy atom. The number of halogens is 6. The van der Waals surface area contributed by atoms with E-state index in [1.807, 2.05) is 25.7 Å². The van der Waals surface area contributed by atoms with Crippen LogP contribution < -0.4 is 19.9 Å². The number of carbonyl (C=O) groups excluding carboxylic acids is 1. The molecule has 2 atom stereocenters. The second-order valence-corrected chi connectivity index (χ2v) is 10.6. The molecule has 1 N–H and O–H groups in total. The normalized spacial score (nSPS) is 17.0. The number of ether oxygens (including phenoxy) is 1. The Morgan fingerprint density at radius 1 is 1.05 bits per heavy atom. The molecule has 1 amide bonds. The summed E-state index contributed by atoms with van der Waals surface area (Å²) >= 11 is 0. The number of nitrogens with zero attached hydrogens (tertiary/aromatic N) is 5. The van der Waals surface area contributed by atoms with Gasteiger partial charge in [-0.15, -0.1) is 12.4 Å². The van der Waals surface area contributed by atoms with Crippen molar-refractivity contribution >= 4 is 35.3 Å². The number of rotatable bonds is 8. The molecule has 3 aromatic heterocycles. The van der Waals surface area contributed by atoms with Gasteiger partial charge in [0.2, 0.25) is 5.88 Å². The monoisotopic (exact) mass is 638 g/mol. The molecule has 0 bridgehead atoms. The third-order valence-electron chi connectivity index (χ3n) is 7.41. The van der Waals surface area contributed by atoms with E-state index in [-0.39, 0.29) is 36.9 Å². The summed E-state index contributed by atoms with van der Waals surface area (Å²) in [6, 6.07) is 10.3. The SMILES string of the molecule is CCc1nc2cc(F)ccn2c1C(=O)NCc1ccc(N2C[C@H](C)N(c3ccc(OCC(F)(F)F)nc3)C[C@H]2C)c(F)c1.Cl. The number of imidazole rings is 1. The lowest BCUT2D eigenvalue weighted by molar-refractivity contribution is -0.154. The second-order valence-electron chi connectivity index (χ2n) is 10.6. The number of hydrogen-bond acceptors (Lipinski definition) is 6. The molecule has 14 heteroatoms. The summed E-state index contributed by atoms with van der Waals surface area (Å²) in [6.45, 7) is 5.51. The van der Waals surface area contributed by atoms with Crippen molar-refractivity contribution in [3.8, 4) is 5.88 Å². The molecule has 0 spiro atoms. The van der Waals surface area contributed by atoms with Gasteiger partial charge in [0, 0.05) is 50.0 Å². The smallest absolute Gasteiger partial charge is 0.422 e. The highest BCUT2D eigenvalue weighted by Crippen LogP contribution is 2.30. The Morgan fingerprint density at radius 2 is 1.77 bits per heavy atom. The summed E-state index contributed by atoms with van der Waals surface area (Å²) in [4.78, 5) is 25.4. The summed E-state index contributed by atoms with van der Waals surface area (Å²) < 4.78 is 72.5. The van der Waals surface area contributed by atoms with Crippen LogP contribution in [0.15, 0.2) is 54.9 Å². The number of benzene rings is 1. The molecule has 236 valence electrons. The highest BCUT2D eigenvalue weighted by atomic mass is 35.5. The van der Waals surface area contributed by atoms with Crippen LogP contribution in [0.5, 0.6) is 5.88 Å². The summed E-state index contributed by atoms with van der Waals surface area (Å²) in [7, 11) is 0. The van der Waals surface area contributed by atoms with Gasteiger partial charge in [0.1, 0.15) is 23.0 Å². The number of pyridine rings is 2. The number of amides is 1. The molecule has 1 aliphatic heterocycles. The molecule has 0 unspecified atom stereocenters. The fourth-order valence-electron chi connectivity index (χ4n) is 5.32. The van der Waals surface area contributed by atoms with Gasteiger partial charge in [-0.1, -0.05) is 13.0 Å². The lowest BCUT2D eigenvalue weighted by atomic mass is 10.1. The van der Waals surface area contributed by atoms with Crippen LogP contribution in [0, 0.1) is 11.6 Å². The van der Waals surface area contributed by atoms with Crippen LogP contribution in [-0.4, -0.2) is 58.2 Å². The molecule has 0 saturated carbocycles. The molecular weight excluding hydrogens is 607 g/mol. The Labute approximate surface area is 257 Å². The first-order valence-electron chi connectivity index (χ1n) is 13.9. The minimum absolute atomic E-state index is 0. The van der Waals surface area contributed by atoms with Crippen LogP contribution >= 0.6 is 12.4 Å². The van der Waals surface area contributed by atoms with Gasteiger partial charge in [0.25, 0.3) is 5.91 Å². The lowest BCUT2D eigenvalue weighted by Crippen LogP contribution is -2.57. The third-order valence-corrected chi connectivity index (χ3v) is 7.41. The van der Waals surface area contributed by atoms with Crippen molar-refractivity contribution in [2.24, 2.45) is 0 Å². The zero-order valence-corrected chi connectivity index (χ0v) is 25.1. The van der Waals surface area contributed by atoms with Crippen molar-refractivity contribution in [2.75, 3.05) is 29.5 Å². The first-order valence-corrected chi connectivity index (χ1v) is 13.9. The number of piperazine rings is 1. The van der Waals surface area contributed by atoms with Gasteiger partial charge in [0.05, 0.1) is 23.3 Å². The Balaban J connectivity index is 0.00000442. The van der Waals surface area contributed by atoms with E-state index in [1.165, 1.54) is 41.1 Å². The number of aryl methyl sites for hydroxylation is 1. The lowest BCUT2D eigenvalue weighted by Gasteiger charge is -2.46. The average molecular weight is 639 g/mol. The quantitative estimate of drug-likeness (QED) is 0.240. The van der Waals surface area contributed by atoms with Crippen LogP contribution in [0.4, 0.5) is 33.3 Å². The number of carbonyl (C=O) groups is 1. The minimum Gasteiger partial charge on any atom is -0.468 e. The first-order chi connectivity index (χ1) is 20.4. The van der Waals surface area contributed by atoms with Gasteiger partial charge < -0.3 is 19.9 Å². The predicted molar refractivity (Wildman–Crippen MR) is 159 cm³/mol. The van der Waals surface area contributed by atoms with Crippen molar-refractivity contribution in [3.05, 3.63) is 83.4 Å². The molecule has 1 saturated heterocycles. The highest BCUT2D eigenvalue weighted by molar-refractivity contribution is 5.94. The predicted octanol–water partition coefficient (Wildman–Crippen LogP) is 5.97. The molecule has 8 nitrogen and oxygen atoms in total. The van der Waals surface area contributed by atoms with Crippen LogP contribution in [0.3, 0.4) is 0 Å².